The number of amides is 4. The van der Waals surface area contributed by atoms with E-state index in [0.717, 1.165) is 10.1 Å². The number of benzene rings is 3. The number of carbonyl (C=O) groups is 7. The van der Waals surface area contributed by atoms with E-state index in [1.54, 1.807) is 98.8 Å². The van der Waals surface area contributed by atoms with Crippen LogP contribution in [0.15, 0.2) is 84.9 Å². The highest BCUT2D eigenvalue weighted by Gasteiger charge is 2.39. The normalized spacial score (nSPS) is 13.5. The van der Waals surface area contributed by atoms with Gasteiger partial charge in [0.25, 0.3) is 11.8 Å². The molecule has 0 radical (unpaired) electrons. The van der Waals surface area contributed by atoms with Crippen LogP contribution in [0, 0.1) is 24.2 Å². The Morgan fingerprint density at radius 1 is 0.800 bits per heavy atom. The van der Waals surface area contributed by atoms with Gasteiger partial charge < -0.3 is 25.3 Å². The molecule has 0 saturated carbocycles. The van der Waals surface area contributed by atoms with Gasteiger partial charge in [0, 0.05) is 43.4 Å². The smallest absolute Gasteiger partial charge is 0.272 e. The van der Waals surface area contributed by atoms with E-state index in [1.807, 2.05) is 0 Å². The zero-order valence-electron chi connectivity index (χ0n) is 34.1. The second-order valence-corrected chi connectivity index (χ2v) is 14.9. The van der Waals surface area contributed by atoms with Crippen molar-refractivity contribution in [2.45, 2.75) is 95.9 Å². The summed E-state index contributed by atoms with van der Waals surface area (Å²) < 4.78 is 0. The zero-order valence-corrected chi connectivity index (χ0v) is 34.1. The van der Waals surface area contributed by atoms with Crippen LogP contribution in [-0.2, 0) is 41.6 Å². The summed E-state index contributed by atoms with van der Waals surface area (Å²) in [5.41, 5.74) is 3.38. The lowest BCUT2D eigenvalue weighted by Crippen LogP contribution is -2.65. The average Bonchev–Trinajstić information content (AvgIpc) is 3.26. The Morgan fingerprint density at radius 2 is 1.40 bits per heavy atom. The van der Waals surface area contributed by atoms with Crippen LogP contribution in [0.4, 0.5) is 0 Å². The summed E-state index contributed by atoms with van der Waals surface area (Å²) >= 11 is 0. The number of hydroxylamine groups is 1. The summed E-state index contributed by atoms with van der Waals surface area (Å²) in [6.07, 6.45) is 6.36. The number of aldehydes is 2. The number of hydrazine groups is 2. The van der Waals surface area contributed by atoms with Crippen molar-refractivity contribution < 1.29 is 43.9 Å². The summed E-state index contributed by atoms with van der Waals surface area (Å²) in [5, 5.41) is 27.3. The molecule has 0 bridgehead atoms. The van der Waals surface area contributed by atoms with Gasteiger partial charge in [-0.2, -0.15) is 0 Å². The van der Waals surface area contributed by atoms with E-state index in [-0.39, 0.29) is 49.7 Å². The summed E-state index contributed by atoms with van der Waals surface area (Å²) in [6, 6.07) is 19.9. The predicted molar refractivity (Wildman–Crippen MR) is 223 cm³/mol. The fraction of sp³-hybridized carbons (Fsp3) is 0.400. The lowest BCUT2D eigenvalue weighted by atomic mass is 9.90. The molecular formula is C45H56N6O9. The van der Waals surface area contributed by atoms with Gasteiger partial charge in [0.05, 0.1) is 5.92 Å². The van der Waals surface area contributed by atoms with Crippen molar-refractivity contribution in [3.8, 4) is 12.3 Å². The van der Waals surface area contributed by atoms with Crippen LogP contribution in [-0.4, -0.2) is 93.2 Å². The van der Waals surface area contributed by atoms with E-state index in [1.165, 1.54) is 5.48 Å². The maximum atomic E-state index is 14.9. The van der Waals surface area contributed by atoms with Crippen molar-refractivity contribution in [1.29, 1.82) is 0 Å². The number of terminal acetylenes is 1. The van der Waals surface area contributed by atoms with Crippen LogP contribution in [0.1, 0.15) is 85.8 Å². The van der Waals surface area contributed by atoms with E-state index in [9.17, 15) is 43.9 Å². The van der Waals surface area contributed by atoms with E-state index in [0.29, 0.717) is 67.1 Å². The molecule has 0 aliphatic rings. The molecule has 0 aliphatic carbocycles. The van der Waals surface area contributed by atoms with Crippen LogP contribution in [0.5, 0.6) is 0 Å². The number of hydrogen-bond donors (Lipinski definition) is 6. The Hall–Kier alpha value is -6.05. The lowest BCUT2D eigenvalue weighted by molar-refractivity contribution is -0.168. The number of rotatable bonds is 26. The van der Waals surface area contributed by atoms with Crippen LogP contribution in [0.3, 0.4) is 0 Å². The number of unbranched alkanes of at least 4 members (excludes halogenated alkanes) is 2. The van der Waals surface area contributed by atoms with Gasteiger partial charge in [-0.3, -0.25) is 29.2 Å². The number of hydrogen-bond acceptors (Lipinski definition) is 11. The predicted octanol–water partition coefficient (Wildman–Crippen LogP) is 2.86. The first-order valence-electron chi connectivity index (χ1n) is 20.0. The first-order valence-corrected chi connectivity index (χ1v) is 20.0. The van der Waals surface area contributed by atoms with Crippen LogP contribution in [0.25, 0.3) is 0 Å². The zero-order chi connectivity index (χ0) is 44.0. The van der Waals surface area contributed by atoms with Crippen molar-refractivity contribution in [2.75, 3.05) is 6.54 Å². The Morgan fingerprint density at radius 3 is 1.98 bits per heavy atom. The minimum absolute atomic E-state index is 0.00227. The molecular weight excluding hydrogens is 769 g/mol. The van der Waals surface area contributed by atoms with E-state index >= 15 is 0 Å². The molecule has 0 spiro atoms. The fourth-order valence-electron chi connectivity index (χ4n) is 6.62. The summed E-state index contributed by atoms with van der Waals surface area (Å²) in [4.78, 5) is 92.1. The van der Waals surface area contributed by atoms with Crippen LogP contribution < -0.4 is 22.0 Å². The first kappa shape index (κ1) is 48.3. The number of nitrogens with one attached hydrogen (secondary N) is 3. The molecule has 3 aromatic rings. The molecule has 4 amide bonds. The Kier molecular flexibility index (Phi) is 20.5. The van der Waals surface area contributed by atoms with Gasteiger partial charge in [-0.05, 0) is 49.1 Å². The van der Waals surface area contributed by atoms with E-state index in [2.05, 4.69) is 16.6 Å². The van der Waals surface area contributed by atoms with Gasteiger partial charge in [0.1, 0.15) is 36.8 Å². The second kappa shape index (κ2) is 25.4. The summed E-state index contributed by atoms with van der Waals surface area (Å²) in [6.45, 7) is 3.84. The minimum atomic E-state index is -1.97. The van der Waals surface area contributed by atoms with Crippen molar-refractivity contribution >= 4 is 42.0 Å². The van der Waals surface area contributed by atoms with Gasteiger partial charge in [0.2, 0.25) is 11.8 Å². The first-order chi connectivity index (χ1) is 28.8. The molecule has 0 fully saturated rings. The van der Waals surface area contributed by atoms with Gasteiger partial charge in [-0.1, -0.05) is 98.8 Å². The van der Waals surface area contributed by atoms with Gasteiger partial charge in [-0.15, -0.1) is 17.5 Å². The fourth-order valence-corrected chi connectivity index (χ4v) is 6.62. The Labute approximate surface area is 351 Å². The van der Waals surface area contributed by atoms with Crippen molar-refractivity contribution in [2.24, 2.45) is 17.7 Å². The molecule has 320 valence electrons. The summed E-state index contributed by atoms with van der Waals surface area (Å²) in [5.74, 6) is 4.18. The van der Waals surface area contributed by atoms with Gasteiger partial charge >= 0.3 is 0 Å². The summed E-state index contributed by atoms with van der Waals surface area (Å²) in [7, 11) is 0. The van der Waals surface area contributed by atoms with Gasteiger partial charge in [-0.25, -0.2) is 16.3 Å². The van der Waals surface area contributed by atoms with Crippen molar-refractivity contribution in [3.05, 3.63) is 107 Å². The Balaban J connectivity index is 1.99. The highest BCUT2D eigenvalue weighted by molar-refractivity contribution is 6.09. The van der Waals surface area contributed by atoms with Gasteiger partial charge in [0.15, 0.2) is 5.78 Å². The molecule has 0 saturated heterocycles. The minimum Gasteiger partial charge on any atom is -0.382 e. The maximum absolute atomic E-state index is 14.9. The Bertz CT molecular complexity index is 1900. The SMILES string of the molecule is C#CCCCC(=O)NCCCCC(C=O)N(N)N(C(=O)C(Cc1ccccc1)NC(=O)C(CC(C)C)C(O)C(=O)NO)C(C=O)Cc1ccc(C(=O)c2ccccc2)cc1. The molecule has 60 heavy (non-hydrogen) atoms. The van der Waals surface area contributed by atoms with Crippen molar-refractivity contribution in [1.82, 2.24) is 26.2 Å². The van der Waals surface area contributed by atoms with E-state index in [4.69, 9.17) is 12.3 Å². The number of nitrogens with two attached hydrogens (primary N) is 1. The molecule has 5 unspecified atom stereocenters. The number of aliphatic hydroxyl groups is 1. The number of ketones is 1. The number of carbonyl (C=O) groups excluding carboxylic acids is 7. The molecule has 3 rings (SSSR count). The highest BCUT2D eigenvalue weighted by atomic mass is 16.5. The lowest BCUT2D eigenvalue weighted by Gasteiger charge is -2.40. The average molecular weight is 825 g/mol. The topological polar surface area (TPSA) is 229 Å². The third-order valence-corrected chi connectivity index (χ3v) is 9.83. The molecule has 5 atom stereocenters. The maximum Gasteiger partial charge on any atom is 0.272 e. The molecule has 0 aromatic heterocycles. The quantitative estimate of drug-likeness (QED) is 0.0131. The second-order valence-electron chi connectivity index (χ2n) is 14.9. The highest BCUT2D eigenvalue weighted by Crippen LogP contribution is 2.21. The monoisotopic (exact) mass is 824 g/mol. The van der Waals surface area contributed by atoms with Crippen LogP contribution in [0.2, 0.25) is 0 Å². The molecule has 3 aromatic carbocycles. The number of aliphatic hydroxyl groups excluding tert-OH is 1. The van der Waals surface area contributed by atoms with E-state index < -0.39 is 47.9 Å². The van der Waals surface area contributed by atoms with Crippen LogP contribution >= 0.6 is 0 Å². The molecule has 0 aliphatic heterocycles. The molecule has 15 heteroatoms. The number of nitrogens with zero attached hydrogens (tertiary/aromatic N) is 2. The largest absolute Gasteiger partial charge is 0.382 e. The molecule has 7 N–H and O–H groups in total. The molecule has 0 heterocycles. The molecule has 15 nitrogen and oxygen atoms in total. The standard InChI is InChI=1S/C45H56N6O9/c1-4-5-8-20-40(54)47-25-14-13-19-36(29-52)51(46)50(37(30-53)27-33-21-23-35(24-22-33)41(55)34-17-11-7-12-18-34)45(59)39(28-32-15-9-6-10-16-32)48-43(57)38(26-31(2)3)42(56)44(58)49-60/h1,6-7,9-12,15-18,21-24,29-31,36-39,42,56,60H,5,8,13-14,19-20,25-28,46H2,2-3H3,(H,47,54)(H,48,57)(H,49,58). The van der Waals surface area contributed by atoms with Crippen molar-refractivity contribution in [3.63, 3.8) is 0 Å². The third kappa shape index (κ3) is 15.0. The third-order valence-electron chi connectivity index (χ3n) is 9.83.